The van der Waals surface area contributed by atoms with Gasteiger partial charge in [0.05, 0.1) is 6.04 Å². The van der Waals surface area contributed by atoms with E-state index in [0.29, 0.717) is 37.8 Å². The molecule has 1 aliphatic rings. The maximum absolute atomic E-state index is 12.1. The van der Waals surface area contributed by atoms with Crippen molar-refractivity contribution >= 4 is 5.91 Å². The van der Waals surface area contributed by atoms with Crippen LogP contribution in [-0.4, -0.2) is 61.4 Å². The standard InChI is InChI=1S/C16H35N7O2/c1-13(17)11-22(19)6-2-3-7-23(20)12-15(18)16(24)21-10-14-4-8-25-9-5-14/h11,14-15H,2-10,12,17-20H2,1H3,(H,21,24)/b13-11-. The number of nitrogens with two attached hydrogens (primary N) is 4. The average molecular weight is 358 g/mol. The molecule has 1 unspecified atom stereocenters. The summed E-state index contributed by atoms with van der Waals surface area (Å²) in [5.41, 5.74) is 12.2. The SMILES string of the molecule is C/C(N)=C/N(N)CCCCN(N)CC(N)C(=O)NCC1CCOCC1. The lowest BCUT2D eigenvalue weighted by molar-refractivity contribution is -0.123. The van der Waals surface area contributed by atoms with E-state index in [4.69, 9.17) is 27.9 Å². The van der Waals surface area contributed by atoms with Crippen molar-refractivity contribution in [1.29, 1.82) is 0 Å². The first-order chi connectivity index (χ1) is 11.9. The van der Waals surface area contributed by atoms with Crippen LogP contribution in [0.2, 0.25) is 0 Å². The summed E-state index contributed by atoms with van der Waals surface area (Å²) < 4.78 is 5.31. The minimum absolute atomic E-state index is 0.154. The normalized spacial score (nSPS) is 17.6. The van der Waals surface area contributed by atoms with Crippen molar-refractivity contribution in [3.63, 3.8) is 0 Å². The molecule has 25 heavy (non-hydrogen) atoms. The number of amides is 1. The Morgan fingerprint density at radius 2 is 1.92 bits per heavy atom. The predicted octanol–water partition coefficient (Wildman–Crippen LogP) is -1.19. The zero-order chi connectivity index (χ0) is 18.7. The lowest BCUT2D eigenvalue weighted by Gasteiger charge is -2.24. The molecular formula is C16H35N7O2. The summed E-state index contributed by atoms with van der Waals surface area (Å²) in [6.45, 7) is 5.65. The summed E-state index contributed by atoms with van der Waals surface area (Å²) in [7, 11) is 0. The van der Waals surface area contributed by atoms with Crippen molar-refractivity contribution in [1.82, 2.24) is 15.3 Å². The van der Waals surface area contributed by atoms with Gasteiger partial charge < -0.3 is 26.5 Å². The van der Waals surface area contributed by atoms with E-state index in [1.165, 1.54) is 0 Å². The second-order valence-corrected chi connectivity index (χ2v) is 6.72. The number of hydrazine groups is 2. The van der Waals surface area contributed by atoms with Gasteiger partial charge in [0, 0.05) is 51.3 Å². The molecule has 0 spiro atoms. The summed E-state index contributed by atoms with van der Waals surface area (Å²) in [6, 6.07) is -0.626. The molecule has 9 nitrogen and oxygen atoms in total. The van der Waals surface area contributed by atoms with Gasteiger partial charge in [-0.05, 0) is 38.5 Å². The smallest absolute Gasteiger partial charge is 0.238 e. The molecule has 9 heteroatoms. The van der Waals surface area contributed by atoms with Crippen LogP contribution >= 0.6 is 0 Å². The van der Waals surface area contributed by atoms with Crippen molar-refractivity contribution in [3.05, 3.63) is 11.9 Å². The second-order valence-electron chi connectivity index (χ2n) is 6.72. The molecule has 1 fully saturated rings. The Morgan fingerprint density at radius 1 is 1.28 bits per heavy atom. The third kappa shape index (κ3) is 10.3. The predicted molar refractivity (Wildman–Crippen MR) is 98.4 cm³/mol. The number of allylic oxidation sites excluding steroid dienone is 1. The van der Waals surface area contributed by atoms with Gasteiger partial charge >= 0.3 is 0 Å². The topological polar surface area (TPSA) is 149 Å². The molecule has 0 aliphatic carbocycles. The number of unbranched alkanes of at least 4 members (excludes halogenated alkanes) is 1. The first-order valence-corrected chi connectivity index (χ1v) is 8.94. The molecule has 0 aromatic carbocycles. The fraction of sp³-hybridized carbons (Fsp3) is 0.812. The number of nitrogens with zero attached hydrogens (tertiary/aromatic N) is 2. The number of hydrogen-bond donors (Lipinski definition) is 5. The van der Waals surface area contributed by atoms with Crippen LogP contribution in [0.4, 0.5) is 0 Å². The molecule has 146 valence electrons. The maximum Gasteiger partial charge on any atom is 0.238 e. The molecule has 0 aromatic heterocycles. The quantitative estimate of drug-likeness (QED) is 0.176. The van der Waals surface area contributed by atoms with Crippen LogP contribution in [0.1, 0.15) is 32.6 Å². The van der Waals surface area contributed by atoms with Gasteiger partial charge in [0.15, 0.2) is 0 Å². The van der Waals surface area contributed by atoms with Crippen molar-refractivity contribution in [2.45, 2.75) is 38.6 Å². The van der Waals surface area contributed by atoms with E-state index in [1.807, 2.05) is 0 Å². The molecule has 1 saturated heterocycles. The van der Waals surface area contributed by atoms with E-state index in [0.717, 1.165) is 38.9 Å². The Hall–Kier alpha value is -1.39. The summed E-state index contributed by atoms with van der Waals surface area (Å²) >= 11 is 0. The van der Waals surface area contributed by atoms with Crippen molar-refractivity contribution in [2.24, 2.45) is 29.1 Å². The first-order valence-electron chi connectivity index (χ1n) is 8.94. The van der Waals surface area contributed by atoms with E-state index >= 15 is 0 Å². The monoisotopic (exact) mass is 357 g/mol. The Bertz CT molecular complexity index is 409. The fourth-order valence-corrected chi connectivity index (χ4v) is 2.69. The van der Waals surface area contributed by atoms with Gasteiger partial charge in [0.2, 0.25) is 5.91 Å². The summed E-state index contributed by atoms with van der Waals surface area (Å²) in [5, 5.41) is 6.06. The van der Waals surface area contributed by atoms with Crippen molar-refractivity contribution < 1.29 is 9.53 Å². The Morgan fingerprint density at radius 3 is 2.56 bits per heavy atom. The van der Waals surface area contributed by atoms with Crippen LogP contribution in [0.25, 0.3) is 0 Å². The van der Waals surface area contributed by atoms with E-state index in [2.05, 4.69) is 5.32 Å². The number of carbonyl (C=O) groups excluding carboxylic acids is 1. The zero-order valence-electron chi connectivity index (χ0n) is 15.3. The Balaban J connectivity index is 2.12. The maximum atomic E-state index is 12.1. The van der Waals surface area contributed by atoms with Crippen LogP contribution in [0.3, 0.4) is 0 Å². The lowest BCUT2D eigenvalue weighted by atomic mass is 10.0. The van der Waals surface area contributed by atoms with Crippen LogP contribution in [0.5, 0.6) is 0 Å². The third-order valence-electron chi connectivity index (χ3n) is 4.15. The van der Waals surface area contributed by atoms with Gasteiger partial charge in [0.25, 0.3) is 0 Å². The number of rotatable bonds is 11. The molecule has 1 amide bonds. The summed E-state index contributed by atoms with van der Waals surface area (Å²) in [4.78, 5) is 12.1. The molecule has 0 radical (unpaired) electrons. The number of hydrogen-bond acceptors (Lipinski definition) is 8. The number of carbonyl (C=O) groups is 1. The van der Waals surface area contributed by atoms with Gasteiger partial charge in [-0.15, -0.1) is 0 Å². The molecular weight excluding hydrogens is 322 g/mol. The molecule has 0 bridgehead atoms. The number of ether oxygens (including phenoxy) is 1. The highest BCUT2D eigenvalue weighted by Gasteiger charge is 2.19. The minimum atomic E-state index is -0.626. The minimum Gasteiger partial charge on any atom is -0.401 e. The van der Waals surface area contributed by atoms with E-state index in [-0.39, 0.29) is 5.91 Å². The third-order valence-corrected chi connectivity index (χ3v) is 4.15. The molecule has 0 saturated carbocycles. The lowest BCUT2D eigenvalue weighted by Crippen LogP contribution is -2.51. The van der Waals surface area contributed by atoms with Gasteiger partial charge in [0.1, 0.15) is 0 Å². The number of nitrogens with one attached hydrogen (secondary N) is 1. The Kier molecular flexibility index (Phi) is 10.4. The molecule has 1 heterocycles. The van der Waals surface area contributed by atoms with Crippen LogP contribution in [0.15, 0.2) is 11.9 Å². The van der Waals surface area contributed by atoms with Gasteiger partial charge in [-0.25, -0.2) is 10.9 Å². The molecule has 9 N–H and O–H groups in total. The van der Waals surface area contributed by atoms with Gasteiger partial charge in [-0.3, -0.25) is 10.6 Å². The molecule has 1 rings (SSSR count). The highest BCUT2D eigenvalue weighted by molar-refractivity contribution is 5.81. The molecule has 1 atom stereocenters. The van der Waals surface area contributed by atoms with E-state index < -0.39 is 6.04 Å². The van der Waals surface area contributed by atoms with Gasteiger partial charge in [-0.2, -0.15) is 0 Å². The van der Waals surface area contributed by atoms with E-state index in [9.17, 15) is 4.79 Å². The summed E-state index contributed by atoms with van der Waals surface area (Å²) in [5.74, 6) is 12.0. The second kappa shape index (κ2) is 12.0. The highest BCUT2D eigenvalue weighted by atomic mass is 16.5. The van der Waals surface area contributed by atoms with Crippen LogP contribution in [-0.2, 0) is 9.53 Å². The average Bonchev–Trinajstić information content (AvgIpc) is 2.56. The fourth-order valence-electron chi connectivity index (χ4n) is 2.69. The summed E-state index contributed by atoms with van der Waals surface area (Å²) in [6.07, 6.45) is 5.39. The Labute approximate surface area is 150 Å². The zero-order valence-corrected chi connectivity index (χ0v) is 15.3. The first kappa shape index (κ1) is 21.7. The molecule has 1 aliphatic heterocycles. The van der Waals surface area contributed by atoms with Crippen molar-refractivity contribution in [3.8, 4) is 0 Å². The van der Waals surface area contributed by atoms with Crippen molar-refractivity contribution in [2.75, 3.05) is 39.4 Å². The van der Waals surface area contributed by atoms with Gasteiger partial charge in [-0.1, -0.05) is 0 Å². The molecule has 0 aromatic rings. The van der Waals surface area contributed by atoms with Crippen LogP contribution < -0.4 is 28.5 Å². The van der Waals surface area contributed by atoms with E-state index in [1.54, 1.807) is 23.1 Å². The highest BCUT2D eigenvalue weighted by Crippen LogP contribution is 2.13. The largest absolute Gasteiger partial charge is 0.401 e. The van der Waals surface area contributed by atoms with Crippen LogP contribution in [0, 0.1) is 5.92 Å².